The molecule has 2 rings (SSSR count). The number of hydrogen-bond acceptors (Lipinski definition) is 4. The molecule has 0 aromatic carbocycles. The minimum absolute atomic E-state index is 0.223. The summed E-state index contributed by atoms with van der Waals surface area (Å²) < 4.78 is 0. The van der Waals surface area contributed by atoms with Gasteiger partial charge in [-0.3, -0.25) is 0 Å². The maximum atomic E-state index is 9.38. The van der Waals surface area contributed by atoms with Crippen molar-refractivity contribution >= 4 is 11.5 Å². The molecule has 14 heavy (non-hydrogen) atoms. The van der Waals surface area contributed by atoms with Crippen LogP contribution in [-0.4, -0.2) is 29.3 Å². The van der Waals surface area contributed by atoms with Gasteiger partial charge in [-0.25, -0.2) is 4.98 Å². The Bertz CT molecular complexity index is 340. The summed E-state index contributed by atoms with van der Waals surface area (Å²) in [6, 6.07) is 1.87. The van der Waals surface area contributed by atoms with E-state index in [1.54, 1.807) is 6.20 Å². The number of rotatable bonds is 1. The third-order valence-electron chi connectivity index (χ3n) is 2.62. The van der Waals surface area contributed by atoms with Crippen LogP contribution in [0.3, 0.4) is 0 Å². The van der Waals surface area contributed by atoms with Crippen molar-refractivity contribution < 1.29 is 5.11 Å². The second kappa shape index (κ2) is 3.46. The SMILES string of the molecule is Cc1cnc(N2CCC(O)C2)cc1N. The zero-order chi connectivity index (χ0) is 10.1. The van der Waals surface area contributed by atoms with E-state index in [1.165, 1.54) is 0 Å². The number of β-amino-alcohol motifs (C(OH)–C–C–N with tert-alkyl or cyclic N) is 1. The van der Waals surface area contributed by atoms with Crippen LogP contribution in [0.4, 0.5) is 11.5 Å². The average Bonchev–Trinajstić information content (AvgIpc) is 2.57. The van der Waals surface area contributed by atoms with Crippen molar-refractivity contribution in [3.63, 3.8) is 0 Å². The first-order valence-corrected chi connectivity index (χ1v) is 4.82. The lowest BCUT2D eigenvalue weighted by Crippen LogP contribution is -2.22. The zero-order valence-corrected chi connectivity index (χ0v) is 8.27. The molecule has 0 radical (unpaired) electrons. The van der Waals surface area contributed by atoms with E-state index in [1.807, 2.05) is 13.0 Å². The monoisotopic (exact) mass is 193 g/mol. The maximum absolute atomic E-state index is 9.38. The molecule has 0 spiro atoms. The molecule has 0 saturated carbocycles. The van der Waals surface area contributed by atoms with Crippen LogP contribution in [-0.2, 0) is 0 Å². The Balaban J connectivity index is 2.20. The lowest BCUT2D eigenvalue weighted by molar-refractivity contribution is 0.198. The fraction of sp³-hybridized carbons (Fsp3) is 0.500. The Morgan fingerprint density at radius 3 is 3.00 bits per heavy atom. The van der Waals surface area contributed by atoms with Gasteiger partial charge in [-0.1, -0.05) is 0 Å². The van der Waals surface area contributed by atoms with Crippen molar-refractivity contribution in [2.24, 2.45) is 0 Å². The van der Waals surface area contributed by atoms with Crippen LogP contribution in [0.1, 0.15) is 12.0 Å². The summed E-state index contributed by atoms with van der Waals surface area (Å²) in [5.41, 5.74) is 7.55. The first-order valence-electron chi connectivity index (χ1n) is 4.82. The van der Waals surface area contributed by atoms with E-state index < -0.39 is 0 Å². The Labute approximate surface area is 83.4 Å². The summed E-state index contributed by atoms with van der Waals surface area (Å²) in [6.45, 7) is 3.46. The molecule has 1 aliphatic rings. The third kappa shape index (κ3) is 1.65. The van der Waals surface area contributed by atoms with E-state index in [9.17, 15) is 5.11 Å². The molecular formula is C10H15N3O. The molecule has 1 atom stereocenters. The molecule has 2 heterocycles. The Morgan fingerprint density at radius 1 is 1.64 bits per heavy atom. The molecule has 1 unspecified atom stereocenters. The number of aliphatic hydroxyl groups excluding tert-OH is 1. The summed E-state index contributed by atoms with van der Waals surface area (Å²) in [5, 5.41) is 9.38. The Hall–Kier alpha value is -1.29. The van der Waals surface area contributed by atoms with Crippen LogP contribution in [0.15, 0.2) is 12.3 Å². The number of pyridine rings is 1. The Morgan fingerprint density at radius 2 is 2.43 bits per heavy atom. The average molecular weight is 193 g/mol. The van der Waals surface area contributed by atoms with Crippen molar-refractivity contribution in [2.75, 3.05) is 23.7 Å². The van der Waals surface area contributed by atoms with E-state index in [-0.39, 0.29) is 6.10 Å². The summed E-state index contributed by atoms with van der Waals surface area (Å²) in [7, 11) is 0. The molecule has 1 aliphatic heterocycles. The second-order valence-corrected chi connectivity index (χ2v) is 3.79. The molecule has 4 nitrogen and oxygen atoms in total. The number of aliphatic hydroxyl groups is 1. The molecule has 1 fully saturated rings. The van der Waals surface area contributed by atoms with Crippen LogP contribution in [0.5, 0.6) is 0 Å². The molecule has 0 aliphatic carbocycles. The molecule has 1 saturated heterocycles. The zero-order valence-electron chi connectivity index (χ0n) is 8.27. The predicted molar refractivity (Wildman–Crippen MR) is 56.2 cm³/mol. The lowest BCUT2D eigenvalue weighted by Gasteiger charge is -2.17. The van der Waals surface area contributed by atoms with Gasteiger partial charge in [-0.15, -0.1) is 0 Å². The number of nitrogen functional groups attached to an aromatic ring is 1. The highest BCUT2D eigenvalue weighted by molar-refractivity contribution is 5.55. The highest BCUT2D eigenvalue weighted by atomic mass is 16.3. The molecule has 1 aromatic rings. The fourth-order valence-corrected chi connectivity index (χ4v) is 1.65. The molecule has 1 aromatic heterocycles. The number of aromatic nitrogens is 1. The van der Waals surface area contributed by atoms with Gasteiger partial charge in [0.2, 0.25) is 0 Å². The molecule has 4 heteroatoms. The van der Waals surface area contributed by atoms with Crippen molar-refractivity contribution in [3.05, 3.63) is 17.8 Å². The number of nitrogens with two attached hydrogens (primary N) is 1. The standard InChI is InChI=1S/C10H15N3O/c1-7-5-12-10(4-9(7)11)13-3-2-8(14)6-13/h4-5,8,14H,2-3,6H2,1H3,(H2,11,12). The number of anilines is 2. The van der Waals surface area contributed by atoms with Gasteiger partial charge >= 0.3 is 0 Å². The van der Waals surface area contributed by atoms with Gasteiger partial charge in [0.1, 0.15) is 5.82 Å². The molecule has 3 N–H and O–H groups in total. The van der Waals surface area contributed by atoms with Crippen LogP contribution >= 0.6 is 0 Å². The molecule has 0 amide bonds. The lowest BCUT2D eigenvalue weighted by atomic mass is 10.2. The topological polar surface area (TPSA) is 62.4 Å². The van der Waals surface area contributed by atoms with Crippen molar-refractivity contribution in [1.29, 1.82) is 0 Å². The molecular weight excluding hydrogens is 178 g/mol. The number of hydrogen-bond donors (Lipinski definition) is 2. The van der Waals surface area contributed by atoms with E-state index in [0.717, 1.165) is 30.0 Å². The molecule has 0 bridgehead atoms. The first kappa shape index (κ1) is 9.27. The fourth-order valence-electron chi connectivity index (χ4n) is 1.65. The minimum atomic E-state index is -0.223. The van der Waals surface area contributed by atoms with Gasteiger partial charge in [0, 0.05) is 31.0 Å². The van der Waals surface area contributed by atoms with Gasteiger partial charge in [0.25, 0.3) is 0 Å². The maximum Gasteiger partial charge on any atom is 0.130 e. The number of aryl methyl sites for hydroxylation is 1. The number of nitrogens with zero attached hydrogens (tertiary/aromatic N) is 2. The summed E-state index contributed by atoms with van der Waals surface area (Å²) >= 11 is 0. The van der Waals surface area contributed by atoms with Gasteiger partial charge in [0.05, 0.1) is 6.10 Å². The quantitative estimate of drug-likeness (QED) is 0.683. The predicted octanol–water partition coefficient (Wildman–Crippen LogP) is 0.543. The van der Waals surface area contributed by atoms with E-state index in [0.29, 0.717) is 6.54 Å². The van der Waals surface area contributed by atoms with Crippen LogP contribution < -0.4 is 10.6 Å². The van der Waals surface area contributed by atoms with Gasteiger partial charge < -0.3 is 15.7 Å². The Kier molecular flexibility index (Phi) is 2.29. The van der Waals surface area contributed by atoms with E-state index in [2.05, 4.69) is 9.88 Å². The van der Waals surface area contributed by atoms with Gasteiger partial charge in [-0.05, 0) is 18.9 Å². The third-order valence-corrected chi connectivity index (χ3v) is 2.62. The normalized spacial score (nSPS) is 21.6. The van der Waals surface area contributed by atoms with Crippen molar-refractivity contribution in [2.45, 2.75) is 19.4 Å². The molecule has 76 valence electrons. The minimum Gasteiger partial charge on any atom is -0.398 e. The van der Waals surface area contributed by atoms with Crippen molar-refractivity contribution in [1.82, 2.24) is 4.98 Å². The van der Waals surface area contributed by atoms with Gasteiger partial charge in [0.15, 0.2) is 0 Å². The summed E-state index contributed by atoms with van der Waals surface area (Å²) in [6.07, 6.45) is 2.37. The van der Waals surface area contributed by atoms with E-state index >= 15 is 0 Å². The van der Waals surface area contributed by atoms with Crippen LogP contribution in [0.25, 0.3) is 0 Å². The van der Waals surface area contributed by atoms with Crippen LogP contribution in [0.2, 0.25) is 0 Å². The van der Waals surface area contributed by atoms with E-state index in [4.69, 9.17) is 5.73 Å². The summed E-state index contributed by atoms with van der Waals surface area (Å²) in [5.74, 6) is 0.865. The van der Waals surface area contributed by atoms with Gasteiger partial charge in [-0.2, -0.15) is 0 Å². The second-order valence-electron chi connectivity index (χ2n) is 3.79. The highest BCUT2D eigenvalue weighted by Crippen LogP contribution is 2.21. The first-order chi connectivity index (χ1) is 6.66. The smallest absolute Gasteiger partial charge is 0.130 e. The van der Waals surface area contributed by atoms with Crippen molar-refractivity contribution in [3.8, 4) is 0 Å². The highest BCUT2D eigenvalue weighted by Gasteiger charge is 2.21. The van der Waals surface area contributed by atoms with Crippen LogP contribution in [0, 0.1) is 6.92 Å². The largest absolute Gasteiger partial charge is 0.398 e. The summed E-state index contributed by atoms with van der Waals surface area (Å²) in [4.78, 5) is 6.35.